The summed E-state index contributed by atoms with van der Waals surface area (Å²) in [6.45, 7) is 0.919. The van der Waals surface area contributed by atoms with Crippen molar-refractivity contribution in [3.05, 3.63) is 71.8 Å². The molecule has 8 nitrogen and oxygen atoms in total. The summed E-state index contributed by atoms with van der Waals surface area (Å²) in [6.07, 6.45) is -2.80. The van der Waals surface area contributed by atoms with Crippen LogP contribution in [0.15, 0.2) is 60.7 Å². The highest BCUT2D eigenvalue weighted by molar-refractivity contribution is 5.66. The molecular weight excluding hydrogens is 428 g/mol. The summed E-state index contributed by atoms with van der Waals surface area (Å²) in [7, 11) is 1.55. The molecule has 0 unspecified atom stereocenters. The van der Waals surface area contributed by atoms with E-state index in [0.717, 1.165) is 11.1 Å². The van der Waals surface area contributed by atoms with Gasteiger partial charge in [-0.25, -0.2) is 0 Å². The molecule has 2 saturated heterocycles. The Morgan fingerprint density at radius 1 is 1.00 bits per heavy atom. The topological polar surface area (TPSA) is 92.7 Å². The largest absolute Gasteiger partial charge is 0.481 e. The Hall–Kier alpha value is -2.33. The number of benzene rings is 2. The third kappa shape index (κ3) is 6.17. The standard InChI is InChI=1S/C25H30O8/c1-28-25-23(29-14-8-13-20(26)27)22(30-15-17-9-4-2-5-10-17)21-19(32-25)16-31-24(33-21)18-11-6-3-7-12-18/h2-7,9-12,19,21-25H,8,13-16H2,1H3,(H,26,27)/t19-,21-,22+,23-,24-,25+/m1/s1. The van der Waals surface area contributed by atoms with Gasteiger partial charge in [0.05, 0.1) is 13.2 Å². The number of fused-ring (bicyclic) bond motifs is 1. The van der Waals surface area contributed by atoms with Gasteiger partial charge in [0, 0.05) is 25.7 Å². The highest BCUT2D eigenvalue weighted by Crippen LogP contribution is 2.36. The van der Waals surface area contributed by atoms with Crippen LogP contribution in [0.4, 0.5) is 0 Å². The smallest absolute Gasteiger partial charge is 0.303 e. The minimum Gasteiger partial charge on any atom is -0.481 e. The molecule has 4 rings (SSSR count). The van der Waals surface area contributed by atoms with Crippen molar-refractivity contribution in [2.75, 3.05) is 20.3 Å². The molecule has 1 N–H and O–H groups in total. The lowest BCUT2D eigenvalue weighted by atomic mass is 9.97. The van der Waals surface area contributed by atoms with Crippen molar-refractivity contribution in [1.29, 1.82) is 0 Å². The number of hydrogen-bond donors (Lipinski definition) is 1. The van der Waals surface area contributed by atoms with Gasteiger partial charge in [-0.1, -0.05) is 60.7 Å². The fourth-order valence-electron chi connectivity index (χ4n) is 4.09. The van der Waals surface area contributed by atoms with Crippen molar-refractivity contribution < 1.29 is 38.3 Å². The molecule has 178 valence electrons. The predicted octanol–water partition coefficient (Wildman–Crippen LogP) is 3.31. The number of carbonyl (C=O) groups is 1. The van der Waals surface area contributed by atoms with Crippen LogP contribution in [0.3, 0.4) is 0 Å². The second kappa shape index (κ2) is 11.7. The van der Waals surface area contributed by atoms with Crippen LogP contribution in [-0.4, -0.2) is 62.1 Å². The van der Waals surface area contributed by atoms with E-state index in [1.54, 1.807) is 7.11 Å². The zero-order valence-electron chi connectivity index (χ0n) is 18.6. The summed E-state index contributed by atoms with van der Waals surface area (Å²) < 4.78 is 36.4. The predicted molar refractivity (Wildman–Crippen MR) is 117 cm³/mol. The molecule has 2 aliphatic heterocycles. The van der Waals surface area contributed by atoms with Gasteiger partial charge in [0.1, 0.15) is 24.4 Å². The van der Waals surface area contributed by atoms with Crippen molar-refractivity contribution in [3.63, 3.8) is 0 Å². The SMILES string of the molecule is CO[C@H]1O[C@@H]2CO[C@@H](c3ccccc3)O[C@H]2[C@H](OCc2ccccc2)[C@H]1OCCCC(=O)O. The lowest BCUT2D eigenvalue weighted by Gasteiger charge is -2.48. The highest BCUT2D eigenvalue weighted by Gasteiger charge is 2.51. The Morgan fingerprint density at radius 2 is 1.73 bits per heavy atom. The van der Waals surface area contributed by atoms with E-state index in [1.807, 2.05) is 60.7 Å². The first-order valence-electron chi connectivity index (χ1n) is 11.1. The quantitative estimate of drug-likeness (QED) is 0.542. The van der Waals surface area contributed by atoms with E-state index in [2.05, 4.69) is 0 Å². The maximum Gasteiger partial charge on any atom is 0.303 e. The summed E-state index contributed by atoms with van der Waals surface area (Å²) in [5.74, 6) is -0.864. The second-order valence-electron chi connectivity index (χ2n) is 8.05. The summed E-state index contributed by atoms with van der Waals surface area (Å²) in [6, 6.07) is 19.6. The van der Waals surface area contributed by atoms with Crippen LogP contribution in [0, 0.1) is 0 Å². The van der Waals surface area contributed by atoms with E-state index in [-0.39, 0.29) is 13.0 Å². The van der Waals surface area contributed by atoms with E-state index < -0.39 is 43.0 Å². The van der Waals surface area contributed by atoms with Crippen molar-refractivity contribution in [1.82, 2.24) is 0 Å². The van der Waals surface area contributed by atoms with E-state index in [4.69, 9.17) is 33.5 Å². The van der Waals surface area contributed by atoms with Gasteiger partial charge in [-0.15, -0.1) is 0 Å². The molecule has 0 radical (unpaired) electrons. The first-order valence-corrected chi connectivity index (χ1v) is 11.1. The Labute approximate surface area is 193 Å². The van der Waals surface area contributed by atoms with Gasteiger partial charge in [-0.2, -0.15) is 0 Å². The van der Waals surface area contributed by atoms with Crippen molar-refractivity contribution in [3.8, 4) is 0 Å². The van der Waals surface area contributed by atoms with E-state index >= 15 is 0 Å². The van der Waals surface area contributed by atoms with Crippen LogP contribution < -0.4 is 0 Å². The third-order valence-corrected chi connectivity index (χ3v) is 5.72. The molecule has 2 aromatic carbocycles. The molecule has 0 bridgehead atoms. The average molecular weight is 459 g/mol. The van der Waals surface area contributed by atoms with Crippen molar-refractivity contribution in [2.24, 2.45) is 0 Å². The number of aliphatic carboxylic acids is 1. The second-order valence-corrected chi connectivity index (χ2v) is 8.05. The maximum absolute atomic E-state index is 10.9. The van der Waals surface area contributed by atoms with E-state index in [9.17, 15) is 4.79 Å². The van der Waals surface area contributed by atoms with Crippen molar-refractivity contribution >= 4 is 5.97 Å². The molecular formula is C25H30O8. The summed E-state index contributed by atoms with van der Waals surface area (Å²) in [5.41, 5.74) is 1.93. The van der Waals surface area contributed by atoms with Crippen LogP contribution in [-0.2, 0) is 39.8 Å². The lowest BCUT2D eigenvalue weighted by molar-refractivity contribution is -0.368. The molecule has 0 aromatic heterocycles. The molecule has 0 saturated carbocycles. The molecule has 2 fully saturated rings. The number of rotatable bonds is 10. The fourth-order valence-corrected chi connectivity index (χ4v) is 4.09. The lowest BCUT2D eigenvalue weighted by Crippen LogP contribution is -2.63. The Bertz CT molecular complexity index is 861. The first kappa shape index (κ1) is 23.8. The molecule has 0 aliphatic carbocycles. The van der Waals surface area contributed by atoms with Crippen LogP contribution in [0.2, 0.25) is 0 Å². The monoisotopic (exact) mass is 458 g/mol. The summed E-state index contributed by atoms with van der Waals surface area (Å²) >= 11 is 0. The minimum atomic E-state index is -0.864. The first-order chi connectivity index (χ1) is 16.2. The van der Waals surface area contributed by atoms with Crippen molar-refractivity contribution in [2.45, 2.75) is 56.4 Å². The number of hydrogen-bond acceptors (Lipinski definition) is 7. The van der Waals surface area contributed by atoms with Gasteiger partial charge in [-0.3, -0.25) is 4.79 Å². The number of methoxy groups -OCH3 is 1. The maximum atomic E-state index is 10.9. The van der Waals surface area contributed by atoms with Crippen LogP contribution in [0.25, 0.3) is 0 Å². The van der Waals surface area contributed by atoms with Gasteiger partial charge in [0.25, 0.3) is 0 Å². The molecule has 6 atom stereocenters. The normalized spacial score (nSPS) is 29.4. The number of carboxylic acid groups (broad SMARTS) is 1. The molecule has 0 amide bonds. The zero-order chi connectivity index (χ0) is 23.0. The van der Waals surface area contributed by atoms with E-state index in [0.29, 0.717) is 19.6 Å². The summed E-state index contributed by atoms with van der Waals surface area (Å²) in [5, 5.41) is 8.94. The van der Waals surface area contributed by atoms with Crippen LogP contribution in [0.1, 0.15) is 30.3 Å². The Balaban J connectivity index is 1.52. The minimum absolute atomic E-state index is 0.0211. The van der Waals surface area contributed by atoms with Gasteiger partial charge < -0.3 is 33.5 Å². The van der Waals surface area contributed by atoms with E-state index in [1.165, 1.54) is 0 Å². The van der Waals surface area contributed by atoms with Crippen LogP contribution >= 0.6 is 0 Å². The van der Waals surface area contributed by atoms with Crippen LogP contribution in [0.5, 0.6) is 0 Å². The molecule has 8 heteroatoms. The molecule has 2 aliphatic rings. The van der Waals surface area contributed by atoms with Gasteiger partial charge in [-0.05, 0) is 12.0 Å². The summed E-state index contributed by atoms with van der Waals surface area (Å²) in [4.78, 5) is 10.9. The number of carboxylic acids is 1. The molecule has 0 spiro atoms. The van der Waals surface area contributed by atoms with Gasteiger partial charge >= 0.3 is 5.97 Å². The zero-order valence-corrected chi connectivity index (χ0v) is 18.6. The van der Waals surface area contributed by atoms with Gasteiger partial charge in [0.15, 0.2) is 12.6 Å². The molecule has 2 aromatic rings. The Morgan fingerprint density at radius 3 is 2.42 bits per heavy atom. The average Bonchev–Trinajstić information content (AvgIpc) is 2.86. The Kier molecular flexibility index (Phi) is 8.44. The van der Waals surface area contributed by atoms with Gasteiger partial charge in [0.2, 0.25) is 0 Å². The molecule has 2 heterocycles. The fraction of sp³-hybridized carbons (Fsp3) is 0.480. The third-order valence-electron chi connectivity index (χ3n) is 5.72. The molecule has 33 heavy (non-hydrogen) atoms. The highest BCUT2D eigenvalue weighted by atomic mass is 16.8. The number of ether oxygens (including phenoxy) is 6.